The summed E-state index contributed by atoms with van der Waals surface area (Å²) in [5.74, 6) is -4.47. The molecule has 2 N–H and O–H groups in total. The SMILES string of the molecule is Cc1nc(C(C)NC(=O)C2CCCCC2C(F)(F)F)sc1C(=O)O. The van der Waals surface area contributed by atoms with Crippen molar-refractivity contribution in [3.8, 4) is 0 Å². The summed E-state index contributed by atoms with van der Waals surface area (Å²) in [4.78, 5) is 27.5. The number of rotatable bonds is 4. The van der Waals surface area contributed by atoms with Gasteiger partial charge in [-0.2, -0.15) is 13.2 Å². The first-order valence-electron chi connectivity index (χ1n) is 7.69. The van der Waals surface area contributed by atoms with E-state index in [0.29, 0.717) is 23.5 Å². The number of alkyl halides is 3. The molecule has 0 saturated heterocycles. The van der Waals surface area contributed by atoms with E-state index in [9.17, 15) is 22.8 Å². The Bertz CT molecular complexity index is 630. The summed E-state index contributed by atoms with van der Waals surface area (Å²) in [6.07, 6.45) is -3.15. The highest BCUT2D eigenvalue weighted by molar-refractivity contribution is 7.13. The number of carboxylic acids is 1. The third-order valence-corrected chi connectivity index (χ3v) is 5.59. The predicted octanol–water partition coefficient (Wildman–Crippen LogP) is 3.70. The fourth-order valence-electron chi connectivity index (χ4n) is 3.02. The molecule has 1 aromatic rings. The zero-order valence-corrected chi connectivity index (χ0v) is 14.1. The zero-order valence-electron chi connectivity index (χ0n) is 13.3. The van der Waals surface area contributed by atoms with E-state index in [0.717, 1.165) is 11.3 Å². The highest BCUT2D eigenvalue weighted by Crippen LogP contribution is 2.41. The second kappa shape index (κ2) is 7.08. The lowest BCUT2D eigenvalue weighted by Crippen LogP contribution is -2.43. The quantitative estimate of drug-likeness (QED) is 0.854. The van der Waals surface area contributed by atoms with Crippen molar-refractivity contribution in [1.29, 1.82) is 0 Å². The Balaban J connectivity index is 2.10. The number of aromatic carboxylic acids is 1. The van der Waals surface area contributed by atoms with E-state index >= 15 is 0 Å². The third kappa shape index (κ3) is 4.06. The number of carbonyl (C=O) groups excluding carboxylic acids is 1. The van der Waals surface area contributed by atoms with Gasteiger partial charge in [0.1, 0.15) is 9.88 Å². The van der Waals surface area contributed by atoms with Gasteiger partial charge in [0.2, 0.25) is 5.91 Å². The monoisotopic (exact) mass is 364 g/mol. The molecule has 1 fully saturated rings. The van der Waals surface area contributed by atoms with Crippen molar-refractivity contribution in [2.75, 3.05) is 0 Å². The molecule has 1 aliphatic carbocycles. The molecule has 3 atom stereocenters. The Hall–Kier alpha value is -1.64. The number of nitrogens with one attached hydrogen (secondary N) is 1. The smallest absolute Gasteiger partial charge is 0.392 e. The standard InChI is InChI=1S/C15H19F3N2O3S/c1-7-11(14(22)23)24-13(20-7)8(2)19-12(21)9-5-3-4-6-10(9)15(16,17)18/h8-10H,3-6H2,1-2H3,(H,19,21)(H,22,23). The van der Waals surface area contributed by atoms with E-state index in [-0.39, 0.29) is 17.7 Å². The molecule has 3 unspecified atom stereocenters. The molecule has 0 radical (unpaired) electrons. The largest absolute Gasteiger partial charge is 0.477 e. The van der Waals surface area contributed by atoms with Gasteiger partial charge in [0.25, 0.3) is 0 Å². The van der Waals surface area contributed by atoms with Crippen LogP contribution in [-0.4, -0.2) is 28.1 Å². The molecular weight excluding hydrogens is 345 g/mol. The zero-order chi connectivity index (χ0) is 18.1. The number of carbonyl (C=O) groups is 2. The van der Waals surface area contributed by atoms with Crippen LogP contribution < -0.4 is 5.32 Å². The Kier molecular flexibility index (Phi) is 5.52. The lowest BCUT2D eigenvalue weighted by molar-refractivity contribution is -0.198. The molecule has 0 aromatic carbocycles. The molecule has 1 aromatic heterocycles. The van der Waals surface area contributed by atoms with E-state index in [1.807, 2.05) is 0 Å². The van der Waals surface area contributed by atoms with Gasteiger partial charge in [0, 0.05) is 5.92 Å². The third-order valence-electron chi connectivity index (χ3n) is 4.26. The maximum absolute atomic E-state index is 13.1. The lowest BCUT2D eigenvalue weighted by atomic mass is 9.78. The van der Waals surface area contributed by atoms with E-state index in [1.54, 1.807) is 13.8 Å². The Morgan fingerprint density at radius 2 is 1.96 bits per heavy atom. The normalized spacial score (nSPS) is 22.9. The Labute approximate surface area is 141 Å². The van der Waals surface area contributed by atoms with Crippen LogP contribution in [0.4, 0.5) is 13.2 Å². The topological polar surface area (TPSA) is 79.3 Å². The summed E-state index contributed by atoms with van der Waals surface area (Å²) >= 11 is 0.923. The first-order chi connectivity index (χ1) is 11.1. The molecule has 134 valence electrons. The second-order valence-electron chi connectivity index (χ2n) is 6.04. The van der Waals surface area contributed by atoms with E-state index in [2.05, 4.69) is 10.3 Å². The molecule has 1 aliphatic rings. The van der Waals surface area contributed by atoms with Crippen LogP contribution in [0.15, 0.2) is 0 Å². The number of hydrogen-bond donors (Lipinski definition) is 2. The van der Waals surface area contributed by atoms with Gasteiger partial charge in [0.05, 0.1) is 17.7 Å². The summed E-state index contributed by atoms with van der Waals surface area (Å²) in [6.45, 7) is 3.13. The minimum absolute atomic E-state index is 0.0323. The molecule has 0 aliphatic heterocycles. The van der Waals surface area contributed by atoms with Crippen LogP contribution in [0.25, 0.3) is 0 Å². The van der Waals surface area contributed by atoms with Gasteiger partial charge < -0.3 is 10.4 Å². The van der Waals surface area contributed by atoms with Crippen LogP contribution in [0.1, 0.15) is 59.0 Å². The summed E-state index contributed by atoms with van der Waals surface area (Å²) in [5.41, 5.74) is 0.328. The van der Waals surface area contributed by atoms with Crippen LogP contribution in [0.5, 0.6) is 0 Å². The van der Waals surface area contributed by atoms with Crippen molar-refractivity contribution in [3.63, 3.8) is 0 Å². The van der Waals surface area contributed by atoms with Gasteiger partial charge in [-0.1, -0.05) is 12.8 Å². The highest BCUT2D eigenvalue weighted by Gasteiger charge is 2.48. The van der Waals surface area contributed by atoms with E-state index < -0.39 is 35.9 Å². The number of amides is 1. The van der Waals surface area contributed by atoms with E-state index in [4.69, 9.17) is 5.11 Å². The molecule has 0 bridgehead atoms. The summed E-state index contributed by atoms with van der Waals surface area (Å²) in [7, 11) is 0. The van der Waals surface area contributed by atoms with Crippen molar-refractivity contribution in [3.05, 3.63) is 15.6 Å². The lowest BCUT2D eigenvalue weighted by Gasteiger charge is -2.32. The Morgan fingerprint density at radius 3 is 2.50 bits per heavy atom. The highest BCUT2D eigenvalue weighted by atomic mass is 32.1. The maximum atomic E-state index is 13.1. The number of hydrogen-bond acceptors (Lipinski definition) is 4. The predicted molar refractivity (Wildman–Crippen MR) is 81.9 cm³/mol. The van der Waals surface area contributed by atoms with Crippen LogP contribution in [-0.2, 0) is 4.79 Å². The summed E-state index contributed by atoms with van der Waals surface area (Å²) < 4.78 is 39.3. The molecule has 5 nitrogen and oxygen atoms in total. The first-order valence-corrected chi connectivity index (χ1v) is 8.50. The minimum Gasteiger partial charge on any atom is -0.477 e. The summed E-state index contributed by atoms with van der Waals surface area (Å²) in [6, 6.07) is -0.634. The van der Waals surface area contributed by atoms with E-state index in [1.165, 1.54) is 0 Å². The Morgan fingerprint density at radius 1 is 1.33 bits per heavy atom. The van der Waals surface area contributed by atoms with Gasteiger partial charge in [-0.05, 0) is 26.7 Å². The van der Waals surface area contributed by atoms with Crippen LogP contribution in [0.3, 0.4) is 0 Å². The van der Waals surface area contributed by atoms with Gasteiger partial charge >= 0.3 is 12.1 Å². The average molecular weight is 364 g/mol. The summed E-state index contributed by atoms with van der Waals surface area (Å²) in [5, 5.41) is 12.0. The molecule has 9 heteroatoms. The first kappa shape index (κ1) is 18.7. The van der Waals surface area contributed by atoms with Crippen molar-refractivity contribution < 1.29 is 27.9 Å². The number of nitrogens with zero attached hydrogens (tertiary/aromatic N) is 1. The molecule has 1 amide bonds. The molecular formula is C15H19F3N2O3S. The maximum Gasteiger partial charge on any atom is 0.392 e. The minimum atomic E-state index is -4.39. The number of aryl methyl sites for hydroxylation is 1. The van der Waals surface area contributed by atoms with Gasteiger partial charge in [-0.3, -0.25) is 4.79 Å². The van der Waals surface area contributed by atoms with Gasteiger partial charge in [0.15, 0.2) is 0 Å². The molecule has 0 spiro atoms. The number of aromatic nitrogens is 1. The van der Waals surface area contributed by atoms with Gasteiger partial charge in [-0.15, -0.1) is 11.3 Å². The average Bonchev–Trinajstić information content (AvgIpc) is 2.88. The van der Waals surface area contributed by atoms with Crippen molar-refractivity contribution in [2.45, 2.75) is 51.7 Å². The van der Waals surface area contributed by atoms with Crippen molar-refractivity contribution >= 4 is 23.2 Å². The fraction of sp³-hybridized carbons (Fsp3) is 0.667. The molecule has 1 saturated carbocycles. The number of carboxylic acid groups (broad SMARTS) is 1. The van der Waals surface area contributed by atoms with Crippen molar-refractivity contribution in [2.24, 2.45) is 11.8 Å². The van der Waals surface area contributed by atoms with Crippen LogP contribution >= 0.6 is 11.3 Å². The molecule has 2 rings (SSSR count). The number of thiazole rings is 1. The van der Waals surface area contributed by atoms with Crippen molar-refractivity contribution in [1.82, 2.24) is 10.3 Å². The van der Waals surface area contributed by atoms with Gasteiger partial charge in [-0.25, -0.2) is 9.78 Å². The molecule has 1 heterocycles. The van der Waals surface area contributed by atoms with Crippen LogP contribution in [0.2, 0.25) is 0 Å². The number of halogens is 3. The molecule has 24 heavy (non-hydrogen) atoms. The van der Waals surface area contributed by atoms with Crippen LogP contribution in [0, 0.1) is 18.8 Å². The second-order valence-corrected chi connectivity index (χ2v) is 7.07. The fourth-order valence-corrected chi connectivity index (χ4v) is 3.93.